The Labute approximate surface area is 185 Å². The molecule has 1 aromatic carbocycles. The standard InChI is InChI=1S/C23H27N3O2S2/c1-15-18(16(2)28-26-15)14-29-20-10-5-3-8-17(20)23(27)24-13-7-12-22-25-19-9-4-6-11-21(19)30-22/h3,5,8,10H,4,6-7,9,11-14H2,1-2H3,(H,24,27). The first-order chi connectivity index (χ1) is 14.6. The van der Waals surface area contributed by atoms with Gasteiger partial charge in [-0.1, -0.05) is 17.3 Å². The van der Waals surface area contributed by atoms with E-state index in [1.54, 1.807) is 11.8 Å². The Balaban J connectivity index is 1.29. The van der Waals surface area contributed by atoms with E-state index in [9.17, 15) is 4.79 Å². The number of aromatic nitrogens is 2. The summed E-state index contributed by atoms with van der Waals surface area (Å²) in [5.74, 6) is 1.56. The molecule has 0 radical (unpaired) electrons. The smallest absolute Gasteiger partial charge is 0.252 e. The van der Waals surface area contributed by atoms with Gasteiger partial charge in [0, 0.05) is 34.1 Å². The van der Waals surface area contributed by atoms with Crippen LogP contribution in [0.1, 0.15) is 62.2 Å². The first-order valence-corrected chi connectivity index (χ1v) is 12.3. The second kappa shape index (κ2) is 9.79. The van der Waals surface area contributed by atoms with Gasteiger partial charge in [-0.15, -0.1) is 23.1 Å². The van der Waals surface area contributed by atoms with Crippen LogP contribution in [0.3, 0.4) is 0 Å². The number of carbonyl (C=O) groups excluding carboxylic acids is 1. The summed E-state index contributed by atoms with van der Waals surface area (Å²) in [6, 6.07) is 7.77. The zero-order chi connectivity index (χ0) is 20.9. The highest BCUT2D eigenvalue weighted by Gasteiger charge is 2.16. The molecule has 3 aromatic rings. The predicted octanol–water partition coefficient (Wildman–Crippen LogP) is 5.28. The van der Waals surface area contributed by atoms with E-state index in [4.69, 9.17) is 9.51 Å². The molecule has 1 aliphatic carbocycles. The average molecular weight is 442 g/mol. The van der Waals surface area contributed by atoms with Crippen LogP contribution in [0.2, 0.25) is 0 Å². The van der Waals surface area contributed by atoms with Gasteiger partial charge in [-0.05, 0) is 58.1 Å². The van der Waals surface area contributed by atoms with Crippen molar-refractivity contribution in [3.8, 4) is 0 Å². The SMILES string of the molecule is Cc1noc(C)c1CSc1ccccc1C(=O)NCCCc1nc2c(s1)CCCC2. The summed E-state index contributed by atoms with van der Waals surface area (Å²) in [5, 5.41) is 8.31. The van der Waals surface area contributed by atoms with Crippen molar-refractivity contribution >= 4 is 29.0 Å². The van der Waals surface area contributed by atoms with Crippen LogP contribution in [-0.2, 0) is 25.0 Å². The maximum Gasteiger partial charge on any atom is 0.252 e. The molecule has 2 heterocycles. The quantitative estimate of drug-likeness (QED) is 0.380. The Morgan fingerprint density at radius 2 is 2.07 bits per heavy atom. The van der Waals surface area contributed by atoms with E-state index < -0.39 is 0 Å². The van der Waals surface area contributed by atoms with Crippen LogP contribution in [0.4, 0.5) is 0 Å². The number of hydrogen-bond donors (Lipinski definition) is 1. The molecular weight excluding hydrogens is 414 g/mol. The first-order valence-electron chi connectivity index (χ1n) is 10.5. The molecule has 30 heavy (non-hydrogen) atoms. The van der Waals surface area contributed by atoms with Crippen molar-refractivity contribution in [2.45, 2.75) is 63.0 Å². The molecule has 4 rings (SSSR count). The Kier molecular flexibility index (Phi) is 6.89. The van der Waals surface area contributed by atoms with Gasteiger partial charge >= 0.3 is 0 Å². The zero-order valence-corrected chi connectivity index (χ0v) is 19.1. The van der Waals surface area contributed by atoms with Crippen LogP contribution in [0.25, 0.3) is 0 Å². The second-order valence-corrected chi connectivity index (χ2v) is 9.82. The van der Waals surface area contributed by atoms with Gasteiger partial charge in [-0.25, -0.2) is 4.98 Å². The maximum absolute atomic E-state index is 12.8. The van der Waals surface area contributed by atoms with Crippen LogP contribution in [0.5, 0.6) is 0 Å². The number of fused-ring (bicyclic) bond motifs is 1. The fourth-order valence-corrected chi connectivity index (χ4v) is 6.09. The monoisotopic (exact) mass is 441 g/mol. The summed E-state index contributed by atoms with van der Waals surface area (Å²) >= 11 is 3.50. The van der Waals surface area contributed by atoms with Crippen molar-refractivity contribution in [3.63, 3.8) is 0 Å². The summed E-state index contributed by atoms with van der Waals surface area (Å²) in [6.45, 7) is 4.53. The summed E-state index contributed by atoms with van der Waals surface area (Å²) in [4.78, 5) is 20.0. The van der Waals surface area contributed by atoms with Crippen molar-refractivity contribution in [3.05, 3.63) is 62.4 Å². The third kappa shape index (κ3) is 4.95. The summed E-state index contributed by atoms with van der Waals surface area (Å²) < 4.78 is 5.24. The minimum Gasteiger partial charge on any atom is -0.361 e. The molecule has 0 fully saturated rings. The average Bonchev–Trinajstić information content (AvgIpc) is 3.32. The van der Waals surface area contributed by atoms with Crippen LogP contribution in [-0.4, -0.2) is 22.6 Å². The maximum atomic E-state index is 12.8. The van der Waals surface area contributed by atoms with E-state index in [2.05, 4.69) is 10.5 Å². The van der Waals surface area contributed by atoms with E-state index in [1.807, 2.05) is 49.4 Å². The number of hydrogen-bond acceptors (Lipinski definition) is 6. The van der Waals surface area contributed by atoms with Crippen molar-refractivity contribution < 1.29 is 9.32 Å². The molecule has 0 bridgehead atoms. The molecule has 7 heteroatoms. The first kappa shape index (κ1) is 21.1. The minimum absolute atomic E-state index is 0.0182. The van der Waals surface area contributed by atoms with E-state index in [1.165, 1.54) is 34.8 Å². The number of amides is 1. The van der Waals surface area contributed by atoms with Gasteiger partial charge in [0.25, 0.3) is 5.91 Å². The predicted molar refractivity (Wildman–Crippen MR) is 121 cm³/mol. The third-order valence-electron chi connectivity index (χ3n) is 5.43. The fraction of sp³-hybridized carbons (Fsp3) is 0.435. The van der Waals surface area contributed by atoms with Crippen LogP contribution < -0.4 is 5.32 Å². The Hall–Kier alpha value is -2.12. The molecule has 0 aliphatic heterocycles. The number of nitrogens with zero attached hydrogens (tertiary/aromatic N) is 2. The molecule has 5 nitrogen and oxygen atoms in total. The van der Waals surface area contributed by atoms with Crippen LogP contribution in [0, 0.1) is 13.8 Å². The summed E-state index contributed by atoms with van der Waals surface area (Å²) in [6.07, 6.45) is 6.71. The molecule has 0 saturated heterocycles. The number of thioether (sulfide) groups is 1. The molecule has 158 valence electrons. The van der Waals surface area contributed by atoms with Crippen molar-refractivity contribution in [2.75, 3.05) is 6.54 Å². The molecule has 0 saturated carbocycles. The lowest BCUT2D eigenvalue weighted by Gasteiger charge is -2.10. The fourth-order valence-electron chi connectivity index (χ4n) is 3.69. The van der Waals surface area contributed by atoms with Gasteiger partial charge in [0.05, 0.1) is 22.0 Å². The summed E-state index contributed by atoms with van der Waals surface area (Å²) in [5.41, 5.74) is 4.04. The lowest BCUT2D eigenvalue weighted by atomic mass is 10.0. The van der Waals surface area contributed by atoms with Gasteiger partial charge in [-0.2, -0.15) is 0 Å². The third-order valence-corrected chi connectivity index (χ3v) is 7.75. The molecule has 1 amide bonds. The number of aryl methyl sites for hydroxylation is 5. The molecule has 1 N–H and O–H groups in total. The highest BCUT2D eigenvalue weighted by molar-refractivity contribution is 7.98. The Morgan fingerprint density at radius 3 is 2.87 bits per heavy atom. The Bertz CT molecular complexity index is 982. The van der Waals surface area contributed by atoms with Gasteiger partial charge in [-0.3, -0.25) is 4.79 Å². The largest absolute Gasteiger partial charge is 0.361 e. The molecule has 0 unspecified atom stereocenters. The molecule has 2 aromatic heterocycles. The zero-order valence-electron chi connectivity index (χ0n) is 17.5. The molecule has 0 atom stereocenters. The Morgan fingerprint density at radius 1 is 1.23 bits per heavy atom. The van der Waals surface area contributed by atoms with Gasteiger partial charge in [0.2, 0.25) is 0 Å². The van der Waals surface area contributed by atoms with Crippen LogP contribution in [0.15, 0.2) is 33.7 Å². The molecule has 1 aliphatic rings. The number of rotatable bonds is 8. The van der Waals surface area contributed by atoms with Gasteiger partial charge < -0.3 is 9.84 Å². The van der Waals surface area contributed by atoms with Crippen molar-refractivity contribution in [2.24, 2.45) is 0 Å². The van der Waals surface area contributed by atoms with Crippen molar-refractivity contribution in [1.29, 1.82) is 0 Å². The highest BCUT2D eigenvalue weighted by atomic mass is 32.2. The van der Waals surface area contributed by atoms with E-state index in [0.29, 0.717) is 6.54 Å². The molecular formula is C23H27N3O2S2. The topological polar surface area (TPSA) is 68.0 Å². The minimum atomic E-state index is -0.0182. The lowest BCUT2D eigenvalue weighted by Crippen LogP contribution is -2.25. The van der Waals surface area contributed by atoms with Gasteiger partial charge in [0.15, 0.2) is 0 Å². The normalized spacial score (nSPS) is 13.3. The number of thiazole rings is 1. The lowest BCUT2D eigenvalue weighted by molar-refractivity contribution is 0.0950. The summed E-state index contributed by atoms with van der Waals surface area (Å²) in [7, 11) is 0. The number of nitrogens with one attached hydrogen (secondary N) is 1. The number of benzene rings is 1. The van der Waals surface area contributed by atoms with Crippen molar-refractivity contribution in [1.82, 2.24) is 15.5 Å². The second-order valence-electron chi connectivity index (χ2n) is 7.63. The molecule has 0 spiro atoms. The highest BCUT2D eigenvalue weighted by Crippen LogP contribution is 2.29. The van der Waals surface area contributed by atoms with E-state index in [0.717, 1.165) is 52.5 Å². The number of carbonyl (C=O) groups is 1. The van der Waals surface area contributed by atoms with E-state index >= 15 is 0 Å². The van der Waals surface area contributed by atoms with Crippen LogP contribution >= 0.6 is 23.1 Å². The van der Waals surface area contributed by atoms with E-state index in [-0.39, 0.29) is 5.91 Å². The van der Waals surface area contributed by atoms with Gasteiger partial charge in [0.1, 0.15) is 5.76 Å².